The third kappa shape index (κ3) is 3.28. The normalized spacial score (nSPS) is 12.4. The van der Waals surface area contributed by atoms with Gasteiger partial charge in [-0.05, 0) is 25.1 Å². The number of rotatable bonds is 4. The Hall–Kier alpha value is -0.910. The van der Waals surface area contributed by atoms with Crippen LogP contribution in [0.25, 0.3) is 0 Å². The van der Waals surface area contributed by atoms with Gasteiger partial charge in [0.15, 0.2) is 0 Å². The molecule has 0 radical (unpaired) electrons. The summed E-state index contributed by atoms with van der Waals surface area (Å²) in [6, 6.07) is 5.62. The van der Waals surface area contributed by atoms with Gasteiger partial charge in [0.2, 0.25) is 0 Å². The average molecular weight is 314 g/mol. The molecule has 1 aromatic heterocycles. The van der Waals surface area contributed by atoms with Crippen molar-refractivity contribution in [1.29, 1.82) is 0 Å². The molecule has 1 heterocycles. The average Bonchev–Trinajstić information content (AvgIpc) is 2.80. The molecule has 1 N–H and O–H groups in total. The maximum absolute atomic E-state index is 9.68. The lowest BCUT2D eigenvalue weighted by atomic mass is 10.1. The number of halogens is 1. The van der Waals surface area contributed by atoms with Crippen LogP contribution in [0, 0.1) is 0 Å². The Bertz CT molecular complexity index is 485. The molecule has 5 heteroatoms. The highest BCUT2D eigenvalue weighted by Crippen LogP contribution is 2.29. The first kappa shape index (κ1) is 12.5. The van der Waals surface area contributed by atoms with Crippen molar-refractivity contribution in [2.24, 2.45) is 0 Å². The molecule has 0 saturated carbocycles. The number of hydrogen-bond acceptors (Lipinski definition) is 4. The van der Waals surface area contributed by atoms with E-state index in [4.69, 9.17) is 4.74 Å². The molecule has 1 aromatic carbocycles. The second-order valence-corrected chi connectivity index (χ2v) is 5.50. The third-order valence-corrected chi connectivity index (χ3v) is 3.52. The molecular formula is C12H12BrNO2S. The lowest BCUT2D eigenvalue weighted by molar-refractivity contribution is 0.190. The van der Waals surface area contributed by atoms with E-state index in [1.165, 1.54) is 0 Å². The van der Waals surface area contributed by atoms with Crippen molar-refractivity contribution in [2.75, 3.05) is 0 Å². The zero-order valence-electron chi connectivity index (χ0n) is 9.26. The van der Waals surface area contributed by atoms with Gasteiger partial charge in [-0.1, -0.05) is 15.9 Å². The molecule has 3 nitrogen and oxygen atoms in total. The van der Waals surface area contributed by atoms with E-state index in [1.54, 1.807) is 30.0 Å². The van der Waals surface area contributed by atoms with Crippen LogP contribution in [-0.2, 0) is 6.61 Å². The number of aliphatic hydroxyl groups excluding tert-OH is 1. The van der Waals surface area contributed by atoms with Gasteiger partial charge < -0.3 is 9.84 Å². The lowest BCUT2D eigenvalue weighted by Gasteiger charge is -2.13. The van der Waals surface area contributed by atoms with Crippen LogP contribution in [-0.4, -0.2) is 10.1 Å². The SMILES string of the molecule is CC(O)c1cc(Br)ccc1OCc1cncs1. The summed E-state index contributed by atoms with van der Waals surface area (Å²) < 4.78 is 6.62. The van der Waals surface area contributed by atoms with Crippen molar-refractivity contribution in [2.45, 2.75) is 19.6 Å². The van der Waals surface area contributed by atoms with E-state index in [9.17, 15) is 5.11 Å². The fourth-order valence-corrected chi connectivity index (χ4v) is 2.32. The van der Waals surface area contributed by atoms with Crippen molar-refractivity contribution < 1.29 is 9.84 Å². The molecule has 0 aliphatic carbocycles. The highest BCUT2D eigenvalue weighted by Gasteiger charge is 2.10. The molecule has 1 atom stereocenters. The zero-order valence-corrected chi connectivity index (χ0v) is 11.7. The number of benzene rings is 1. The monoisotopic (exact) mass is 313 g/mol. The van der Waals surface area contributed by atoms with Crippen LogP contribution >= 0.6 is 27.3 Å². The van der Waals surface area contributed by atoms with Crippen LogP contribution in [0.15, 0.2) is 34.4 Å². The molecule has 1 unspecified atom stereocenters. The molecule has 90 valence electrons. The van der Waals surface area contributed by atoms with E-state index in [-0.39, 0.29) is 0 Å². The first-order valence-corrected chi connectivity index (χ1v) is 6.82. The molecule has 2 aromatic rings. The maximum Gasteiger partial charge on any atom is 0.125 e. The number of nitrogens with zero attached hydrogens (tertiary/aromatic N) is 1. The minimum Gasteiger partial charge on any atom is -0.488 e. The molecule has 17 heavy (non-hydrogen) atoms. The zero-order chi connectivity index (χ0) is 12.3. The summed E-state index contributed by atoms with van der Waals surface area (Å²) in [6.07, 6.45) is 1.23. The second-order valence-electron chi connectivity index (χ2n) is 3.61. The molecule has 0 bridgehead atoms. The van der Waals surface area contributed by atoms with Gasteiger partial charge >= 0.3 is 0 Å². The third-order valence-electron chi connectivity index (χ3n) is 2.28. The molecular weight excluding hydrogens is 302 g/mol. The summed E-state index contributed by atoms with van der Waals surface area (Å²) in [4.78, 5) is 5.05. The summed E-state index contributed by atoms with van der Waals surface area (Å²) in [6.45, 7) is 2.20. The van der Waals surface area contributed by atoms with Crippen molar-refractivity contribution in [3.05, 3.63) is 44.8 Å². The summed E-state index contributed by atoms with van der Waals surface area (Å²) in [5.41, 5.74) is 2.56. The Morgan fingerprint density at radius 1 is 1.53 bits per heavy atom. The number of aliphatic hydroxyl groups is 1. The summed E-state index contributed by atoms with van der Waals surface area (Å²) >= 11 is 4.93. The van der Waals surface area contributed by atoms with E-state index in [0.29, 0.717) is 12.4 Å². The van der Waals surface area contributed by atoms with Crippen LogP contribution < -0.4 is 4.74 Å². The molecule has 0 saturated heterocycles. The minimum absolute atomic E-state index is 0.478. The van der Waals surface area contributed by atoms with Crippen molar-refractivity contribution in [3.8, 4) is 5.75 Å². The van der Waals surface area contributed by atoms with Gasteiger partial charge in [-0.15, -0.1) is 11.3 Å². The largest absolute Gasteiger partial charge is 0.488 e. The Labute approximate surface area is 112 Å². The molecule has 0 amide bonds. The second kappa shape index (κ2) is 5.62. The van der Waals surface area contributed by atoms with Gasteiger partial charge in [0, 0.05) is 16.2 Å². The minimum atomic E-state index is -0.552. The summed E-state index contributed by atoms with van der Waals surface area (Å²) in [5, 5.41) is 9.68. The van der Waals surface area contributed by atoms with Crippen molar-refractivity contribution in [1.82, 2.24) is 4.98 Å². The molecule has 0 fully saturated rings. The smallest absolute Gasteiger partial charge is 0.125 e. The first-order valence-electron chi connectivity index (χ1n) is 5.14. The van der Waals surface area contributed by atoms with E-state index in [0.717, 1.165) is 14.9 Å². The van der Waals surface area contributed by atoms with Crippen LogP contribution in [0.4, 0.5) is 0 Å². The predicted octanol–water partition coefficient (Wildman–Crippen LogP) is 3.54. The van der Waals surface area contributed by atoms with Gasteiger partial charge in [-0.2, -0.15) is 0 Å². The quantitative estimate of drug-likeness (QED) is 0.938. The van der Waals surface area contributed by atoms with Gasteiger partial charge in [0.1, 0.15) is 12.4 Å². The Balaban J connectivity index is 2.14. The highest BCUT2D eigenvalue weighted by atomic mass is 79.9. The van der Waals surface area contributed by atoms with Crippen LogP contribution in [0.1, 0.15) is 23.5 Å². The van der Waals surface area contributed by atoms with Crippen LogP contribution in [0.3, 0.4) is 0 Å². The summed E-state index contributed by atoms with van der Waals surface area (Å²) in [5.74, 6) is 0.705. The van der Waals surface area contributed by atoms with Gasteiger partial charge in [-0.25, -0.2) is 0 Å². The molecule has 0 aliphatic rings. The van der Waals surface area contributed by atoms with E-state index in [1.807, 2.05) is 18.2 Å². The van der Waals surface area contributed by atoms with Gasteiger partial charge in [0.05, 0.1) is 16.5 Å². The highest BCUT2D eigenvalue weighted by molar-refractivity contribution is 9.10. The predicted molar refractivity (Wildman–Crippen MR) is 71.2 cm³/mol. The van der Waals surface area contributed by atoms with Gasteiger partial charge in [-0.3, -0.25) is 4.98 Å². The fraction of sp³-hybridized carbons (Fsp3) is 0.250. The Morgan fingerprint density at radius 3 is 3.00 bits per heavy atom. The van der Waals surface area contributed by atoms with Gasteiger partial charge in [0.25, 0.3) is 0 Å². The molecule has 0 spiro atoms. The van der Waals surface area contributed by atoms with Crippen LogP contribution in [0.5, 0.6) is 5.75 Å². The number of ether oxygens (including phenoxy) is 1. The Kier molecular flexibility index (Phi) is 4.15. The van der Waals surface area contributed by atoms with E-state index >= 15 is 0 Å². The topological polar surface area (TPSA) is 42.4 Å². The Morgan fingerprint density at radius 2 is 2.35 bits per heavy atom. The standard InChI is InChI=1S/C12H12BrNO2S/c1-8(15)11-4-9(13)2-3-12(11)16-6-10-5-14-7-17-10/h2-5,7-8,15H,6H2,1H3. The number of hydrogen-bond donors (Lipinski definition) is 1. The van der Waals surface area contributed by atoms with Crippen molar-refractivity contribution >= 4 is 27.3 Å². The number of aromatic nitrogens is 1. The maximum atomic E-state index is 9.68. The summed E-state index contributed by atoms with van der Waals surface area (Å²) in [7, 11) is 0. The first-order chi connectivity index (χ1) is 8.16. The molecule has 0 aliphatic heterocycles. The lowest BCUT2D eigenvalue weighted by Crippen LogP contribution is -2.00. The fourth-order valence-electron chi connectivity index (χ4n) is 1.44. The number of thiazole rings is 1. The van der Waals surface area contributed by atoms with E-state index in [2.05, 4.69) is 20.9 Å². The van der Waals surface area contributed by atoms with Crippen LogP contribution in [0.2, 0.25) is 0 Å². The van der Waals surface area contributed by atoms with E-state index < -0.39 is 6.10 Å². The molecule has 2 rings (SSSR count). The van der Waals surface area contributed by atoms with Crippen molar-refractivity contribution in [3.63, 3.8) is 0 Å².